The minimum absolute atomic E-state index is 0.472. The second kappa shape index (κ2) is 6.11. The van der Waals surface area contributed by atoms with E-state index in [1.807, 2.05) is 20.2 Å². The summed E-state index contributed by atoms with van der Waals surface area (Å²) in [5.74, 6) is -1.12. The lowest BCUT2D eigenvalue weighted by atomic mass is 9.92. The second-order valence-corrected chi connectivity index (χ2v) is 6.53. The topological polar surface area (TPSA) is 41.9 Å². The van der Waals surface area contributed by atoms with Crippen molar-refractivity contribution in [3.8, 4) is 0 Å². The number of aryl methyl sites for hydroxylation is 1. The van der Waals surface area contributed by atoms with E-state index < -0.39 is 11.6 Å². The van der Waals surface area contributed by atoms with E-state index in [9.17, 15) is 8.78 Å². The highest BCUT2D eigenvalue weighted by Gasteiger charge is 2.24. The van der Waals surface area contributed by atoms with Crippen LogP contribution >= 0.6 is 0 Å². The first-order chi connectivity index (χ1) is 12.1. The van der Waals surface area contributed by atoms with Gasteiger partial charge in [0.25, 0.3) is 0 Å². The van der Waals surface area contributed by atoms with Gasteiger partial charge in [0.2, 0.25) is 0 Å². The van der Waals surface area contributed by atoms with Crippen LogP contribution in [0.1, 0.15) is 17.7 Å². The molecular weight excluding hydrogens is 322 g/mol. The number of benzene rings is 1. The molecular formula is C19H20F2N4. The smallest absolute Gasteiger partial charge is 0.160 e. The molecule has 6 heteroatoms. The third kappa shape index (κ3) is 2.76. The van der Waals surface area contributed by atoms with Crippen molar-refractivity contribution >= 4 is 22.5 Å². The van der Waals surface area contributed by atoms with E-state index in [0.717, 1.165) is 42.4 Å². The average molecular weight is 342 g/mol. The minimum atomic E-state index is -0.876. The third-order valence-corrected chi connectivity index (χ3v) is 5.05. The molecule has 4 nitrogen and oxygen atoms in total. The van der Waals surface area contributed by atoms with Crippen molar-refractivity contribution in [2.45, 2.75) is 25.3 Å². The fraction of sp³-hybridized carbons (Fsp3) is 0.316. The molecule has 0 unspecified atom stereocenters. The summed E-state index contributed by atoms with van der Waals surface area (Å²) in [5, 5.41) is 7.57. The molecule has 1 aliphatic rings. The van der Waals surface area contributed by atoms with Gasteiger partial charge < -0.3 is 15.2 Å². The van der Waals surface area contributed by atoms with Gasteiger partial charge in [-0.1, -0.05) is 0 Å². The quantitative estimate of drug-likeness (QED) is 0.763. The number of pyridine rings is 1. The molecule has 0 amide bonds. The third-order valence-electron chi connectivity index (χ3n) is 5.05. The van der Waals surface area contributed by atoms with Crippen LogP contribution in [0.15, 0.2) is 30.3 Å². The van der Waals surface area contributed by atoms with Gasteiger partial charge in [-0.3, -0.25) is 0 Å². The van der Waals surface area contributed by atoms with Crippen molar-refractivity contribution in [2.75, 3.05) is 12.4 Å². The molecule has 2 heterocycles. The summed E-state index contributed by atoms with van der Waals surface area (Å²) in [6.45, 7) is 0. The predicted molar refractivity (Wildman–Crippen MR) is 95.2 cm³/mol. The van der Waals surface area contributed by atoms with Crippen LogP contribution < -0.4 is 10.6 Å². The van der Waals surface area contributed by atoms with E-state index in [1.165, 1.54) is 17.3 Å². The highest BCUT2D eigenvalue weighted by molar-refractivity contribution is 5.84. The Bertz CT molecular complexity index is 948. The lowest BCUT2D eigenvalue weighted by Crippen LogP contribution is -2.31. The standard InChI is InChI=1S/C19H20F2N4/c1-22-11-4-7-17-14(9-11)13-5-8-18(24-19(13)25(17)2)23-12-3-6-15(20)16(21)10-12/h3,5-6,8,10-11,22H,4,7,9H2,1-2H3,(H,23,24)/t11-/m1/s1. The fourth-order valence-electron chi connectivity index (χ4n) is 3.67. The van der Waals surface area contributed by atoms with Gasteiger partial charge in [-0.25, -0.2) is 13.8 Å². The number of fused-ring (bicyclic) bond motifs is 3. The summed E-state index contributed by atoms with van der Waals surface area (Å²) in [7, 11) is 4.04. The maximum absolute atomic E-state index is 13.4. The van der Waals surface area contributed by atoms with E-state index in [-0.39, 0.29) is 0 Å². The van der Waals surface area contributed by atoms with E-state index in [4.69, 9.17) is 4.98 Å². The monoisotopic (exact) mass is 342 g/mol. The van der Waals surface area contributed by atoms with Crippen LogP contribution in [0.4, 0.5) is 20.3 Å². The van der Waals surface area contributed by atoms with E-state index in [0.29, 0.717) is 17.5 Å². The average Bonchev–Trinajstić information content (AvgIpc) is 2.90. The zero-order valence-electron chi connectivity index (χ0n) is 14.2. The first-order valence-corrected chi connectivity index (χ1v) is 8.43. The Balaban J connectivity index is 1.71. The van der Waals surface area contributed by atoms with Crippen molar-refractivity contribution in [3.05, 3.63) is 53.2 Å². The molecule has 2 aromatic heterocycles. The molecule has 0 saturated heterocycles. The molecule has 25 heavy (non-hydrogen) atoms. The van der Waals surface area contributed by atoms with Gasteiger partial charge in [0.15, 0.2) is 11.6 Å². The zero-order valence-corrected chi connectivity index (χ0v) is 14.2. The summed E-state index contributed by atoms with van der Waals surface area (Å²) in [6, 6.07) is 8.17. The molecule has 0 spiro atoms. The zero-order chi connectivity index (χ0) is 17.6. The van der Waals surface area contributed by atoms with Gasteiger partial charge in [0.1, 0.15) is 11.5 Å². The fourth-order valence-corrected chi connectivity index (χ4v) is 3.67. The summed E-state index contributed by atoms with van der Waals surface area (Å²) in [6.07, 6.45) is 3.15. The molecule has 3 aromatic rings. The minimum Gasteiger partial charge on any atom is -0.340 e. The summed E-state index contributed by atoms with van der Waals surface area (Å²) >= 11 is 0. The molecule has 1 atom stereocenters. The molecule has 0 bridgehead atoms. The van der Waals surface area contributed by atoms with Crippen molar-refractivity contribution in [1.82, 2.24) is 14.9 Å². The number of aromatic nitrogens is 2. The van der Waals surface area contributed by atoms with E-state index >= 15 is 0 Å². The molecule has 4 rings (SSSR count). The summed E-state index contributed by atoms with van der Waals surface area (Å²) < 4.78 is 28.6. The van der Waals surface area contributed by atoms with Crippen molar-refractivity contribution < 1.29 is 8.78 Å². The number of nitrogens with one attached hydrogen (secondary N) is 2. The maximum Gasteiger partial charge on any atom is 0.160 e. The molecule has 0 aliphatic heterocycles. The number of likely N-dealkylation sites (N-methyl/N-ethyl adjacent to an activating group) is 1. The van der Waals surface area contributed by atoms with Crippen LogP contribution in [0.25, 0.3) is 11.0 Å². The molecule has 0 radical (unpaired) electrons. The second-order valence-electron chi connectivity index (χ2n) is 6.53. The number of hydrogen-bond donors (Lipinski definition) is 2. The molecule has 0 saturated carbocycles. The SMILES string of the molecule is CN[C@@H]1CCc2c(c3ccc(Nc4ccc(F)c(F)c4)nc3n2C)C1. The predicted octanol–water partition coefficient (Wildman–Crippen LogP) is 3.67. The molecule has 130 valence electrons. The Morgan fingerprint density at radius 2 is 2.00 bits per heavy atom. The number of anilines is 2. The maximum atomic E-state index is 13.4. The van der Waals surface area contributed by atoms with Gasteiger partial charge >= 0.3 is 0 Å². The highest BCUT2D eigenvalue weighted by Crippen LogP contribution is 2.32. The number of halogens is 2. The first kappa shape index (κ1) is 16.0. The van der Waals surface area contributed by atoms with Crippen molar-refractivity contribution in [3.63, 3.8) is 0 Å². The molecule has 1 aromatic carbocycles. The van der Waals surface area contributed by atoms with Gasteiger partial charge in [0.05, 0.1) is 0 Å². The lowest BCUT2D eigenvalue weighted by molar-refractivity contribution is 0.488. The number of hydrogen-bond acceptors (Lipinski definition) is 3. The Kier molecular flexibility index (Phi) is 3.92. The molecule has 1 aliphatic carbocycles. The summed E-state index contributed by atoms with van der Waals surface area (Å²) in [5.41, 5.74) is 4.07. The van der Waals surface area contributed by atoms with Gasteiger partial charge in [-0.15, -0.1) is 0 Å². The van der Waals surface area contributed by atoms with Crippen LogP contribution in [-0.2, 0) is 19.9 Å². The van der Waals surface area contributed by atoms with Gasteiger partial charge in [-0.05, 0) is 56.1 Å². The van der Waals surface area contributed by atoms with E-state index in [2.05, 4.69) is 21.3 Å². The van der Waals surface area contributed by atoms with Crippen molar-refractivity contribution in [1.29, 1.82) is 0 Å². The largest absolute Gasteiger partial charge is 0.340 e. The van der Waals surface area contributed by atoms with Crippen LogP contribution in [0.3, 0.4) is 0 Å². The van der Waals surface area contributed by atoms with E-state index in [1.54, 1.807) is 0 Å². The Labute approximate surface area is 144 Å². The lowest BCUT2D eigenvalue weighted by Gasteiger charge is -2.22. The highest BCUT2D eigenvalue weighted by atomic mass is 19.2. The normalized spacial score (nSPS) is 16.9. The number of nitrogens with zero attached hydrogens (tertiary/aromatic N) is 2. The first-order valence-electron chi connectivity index (χ1n) is 8.43. The Hall–Kier alpha value is -2.47. The molecule has 0 fully saturated rings. The van der Waals surface area contributed by atoms with Crippen molar-refractivity contribution in [2.24, 2.45) is 7.05 Å². The van der Waals surface area contributed by atoms with Crippen LogP contribution in [0, 0.1) is 11.6 Å². The number of rotatable bonds is 3. The van der Waals surface area contributed by atoms with Crippen LogP contribution in [0.2, 0.25) is 0 Å². The molecule has 2 N–H and O–H groups in total. The van der Waals surface area contributed by atoms with Crippen LogP contribution in [-0.4, -0.2) is 22.6 Å². The van der Waals surface area contributed by atoms with Crippen LogP contribution in [0.5, 0.6) is 0 Å². The Morgan fingerprint density at radius 3 is 2.76 bits per heavy atom. The Morgan fingerprint density at radius 1 is 1.16 bits per heavy atom. The summed E-state index contributed by atoms with van der Waals surface area (Å²) in [4.78, 5) is 4.69. The van der Waals surface area contributed by atoms with Gasteiger partial charge in [0, 0.05) is 35.9 Å². The van der Waals surface area contributed by atoms with Gasteiger partial charge in [-0.2, -0.15) is 0 Å².